The summed E-state index contributed by atoms with van der Waals surface area (Å²) in [6.45, 7) is 3.13. The molecule has 3 aliphatic rings. The highest BCUT2D eigenvalue weighted by Crippen LogP contribution is 2.33. The number of likely N-dealkylation sites (tertiary alicyclic amines) is 1. The normalized spacial score (nSPS) is 21.4. The molecule has 11 nitrogen and oxygen atoms in total. The second-order valence-corrected chi connectivity index (χ2v) is 8.87. The SMILES string of the molecule is O=C(O)NCCCCN1CCC(Nc2cccc3c2C(=O)N(C2CCC(=O)NC2=O)C3=O)CC1. The van der Waals surface area contributed by atoms with Crippen LogP contribution in [0.25, 0.3) is 0 Å². The Morgan fingerprint density at radius 1 is 1.06 bits per heavy atom. The standard InChI is InChI=1S/C23H29N5O6/c29-18-7-6-17(20(30)26-18)28-21(31)15-4-3-5-16(19(15)22(28)32)25-14-8-12-27(13-9-14)11-2-1-10-24-23(33)34/h3-5,14,17,24-25H,1-2,6-13H2,(H,33,34)(H,26,29,30). The molecule has 1 aromatic rings. The highest BCUT2D eigenvalue weighted by molar-refractivity contribution is 6.25. The van der Waals surface area contributed by atoms with Gasteiger partial charge in [-0.25, -0.2) is 4.79 Å². The number of piperidine rings is 2. The summed E-state index contributed by atoms with van der Waals surface area (Å²) in [6.07, 6.45) is 2.66. The first-order valence-corrected chi connectivity index (χ1v) is 11.7. The van der Waals surface area contributed by atoms with Crippen molar-refractivity contribution in [1.82, 2.24) is 20.4 Å². The molecule has 11 heteroatoms. The number of benzene rings is 1. The predicted octanol–water partition coefficient (Wildman–Crippen LogP) is 1.01. The van der Waals surface area contributed by atoms with Gasteiger partial charge in [-0.3, -0.25) is 29.4 Å². The number of amides is 5. The van der Waals surface area contributed by atoms with Crippen LogP contribution in [0.15, 0.2) is 18.2 Å². The van der Waals surface area contributed by atoms with Crippen molar-refractivity contribution in [1.29, 1.82) is 0 Å². The molecule has 0 radical (unpaired) electrons. The minimum absolute atomic E-state index is 0.0869. The van der Waals surface area contributed by atoms with Gasteiger partial charge in [0.05, 0.1) is 11.1 Å². The number of fused-ring (bicyclic) bond motifs is 1. The second kappa shape index (κ2) is 10.2. The largest absolute Gasteiger partial charge is 0.465 e. The second-order valence-electron chi connectivity index (χ2n) is 8.87. The van der Waals surface area contributed by atoms with Gasteiger partial charge in [-0.2, -0.15) is 0 Å². The molecular weight excluding hydrogens is 442 g/mol. The number of unbranched alkanes of at least 4 members (excludes halogenated alkanes) is 1. The van der Waals surface area contributed by atoms with Crippen LogP contribution in [0.3, 0.4) is 0 Å². The molecule has 2 fully saturated rings. The van der Waals surface area contributed by atoms with E-state index >= 15 is 0 Å². The van der Waals surface area contributed by atoms with Crippen LogP contribution in [0.4, 0.5) is 10.5 Å². The van der Waals surface area contributed by atoms with Crippen LogP contribution in [0.5, 0.6) is 0 Å². The van der Waals surface area contributed by atoms with Gasteiger partial charge in [-0.1, -0.05) is 6.07 Å². The molecule has 0 aliphatic carbocycles. The Labute approximate surface area is 196 Å². The van der Waals surface area contributed by atoms with Crippen molar-refractivity contribution in [2.75, 3.05) is 31.5 Å². The molecule has 2 saturated heterocycles. The number of carbonyl (C=O) groups is 5. The smallest absolute Gasteiger partial charge is 0.404 e. The minimum Gasteiger partial charge on any atom is -0.465 e. The molecule has 5 amide bonds. The molecule has 3 aliphatic heterocycles. The average Bonchev–Trinajstić information content (AvgIpc) is 3.05. The van der Waals surface area contributed by atoms with Gasteiger partial charge < -0.3 is 20.6 Å². The molecule has 34 heavy (non-hydrogen) atoms. The van der Waals surface area contributed by atoms with Crippen molar-refractivity contribution in [3.63, 3.8) is 0 Å². The summed E-state index contributed by atoms with van der Waals surface area (Å²) in [4.78, 5) is 63.7. The van der Waals surface area contributed by atoms with E-state index < -0.39 is 35.8 Å². The van der Waals surface area contributed by atoms with Crippen molar-refractivity contribution in [3.05, 3.63) is 29.3 Å². The van der Waals surface area contributed by atoms with Crippen molar-refractivity contribution >= 4 is 35.4 Å². The highest BCUT2D eigenvalue weighted by Gasteiger charge is 2.45. The Hall–Kier alpha value is -3.47. The number of hydrogen-bond acceptors (Lipinski definition) is 7. The summed E-state index contributed by atoms with van der Waals surface area (Å²) >= 11 is 0. The zero-order valence-corrected chi connectivity index (χ0v) is 18.8. The monoisotopic (exact) mass is 471 g/mol. The summed E-state index contributed by atoms with van der Waals surface area (Å²) in [5, 5.41) is 16.6. The van der Waals surface area contributed by atoms with E-state index in [0.29, 0.717) is 12.2 Å². The third-order valence-electron chi connectivity index (χ3n) is 6.59. The number of rotatable bonds is 8. The molecule has 4 rings (SSSR count). The Balaban J connectivity index is 1.34. The van der Waals surface area contributed by atoms with Crippen LogP contribution in [0.1, 0.15) is 59.2 Å². The van der Waals surface area contributed by atoms with E-state index in [2.05, 4.69) is 20.9 Å². The van der Waals surface area contributed by atoms with Crippen molar-refractivity contribution in [3.8, 4) is 0 Å². The molecular formula is C23H29N5O6. The quantitative estimate of drug-likeness (QED) is 0.324. The lowest BCUT2D eigenvalue weighted by Crippen LogP contribution is -2.54. The van der Waals surface area contributed by atoms with E-state index in [4.69, 9.17) is 5.11 Å². The van der Waals surface area contributed by atoms with Crippen molar-refractivity contribution < 1.29 is 29.1 Å². The van der Waals surface area contributed by atoms with Crippen LogP contribution in [-0.2, 0) is 9.59 Å². The number of carboxylic acid groups (broad SMARTS) is 1. The number of carbonyl (C=O) groups excluding carboxylic acids is 4. The van der Waals surface area contributed by atoms with Crippen LogP contribution in [0.2, 0.25) is 0 Å². The van der Waals surface area contributed by atoms with Gasteiger partial charge >= 0.3 is 6.09 Å². The summed E-state index contributed by atoms with van der Waals surface area (Å²) in [7, 11) is 0. The van der Waals surface area contributed by atoms with Gasteiger partial charge in [0.1, 0.15) is 6.04 Å². The molecule has 4 N–H and O–H groups in total. The minimum atomic E-state index is -1.00. The van der Waals surface area contributed by atoms with E-state index in [-0.39, 0.29) is 30.0 Å². The lowest BCUT2D eigenvalue weighted by molar-refractivity contribution is -0.136. The van der Waals surface area contributed by atoms with Gasteiger partial charge in [0.15, 0.2) is 0 Å². The maximum Gasteiger partial charge on any atom is 0.404 e. The fourth-order valence-corrected chi connectivity index (χ4v) is 4.81. The Morgan fingerprint density at radius 3 is 2.53 bits per heavy atom. The number of hydrogen-bond donors (Lipinski definition) is 4. The first kappa shape index (κ1) is 23.7. The third-order valence-corrected chi connectivity index (χ3v) is 6.59. The van der Waals surface area contributed by atoms with Crippen molar-refractivity contribution in [2.45, 2.75) is 50.6 Å². The fourth-order valence-electron chi connectivity index (χ4n) is 4.81. The van der Waals surface area contributed by atoms with Gasteiger partial charge in [0.25, 0.3) is 11.8 Å². The van der Waals surface area contributed by atoms with E-state index in [1.807, 2.05) is 0 Å². The molecule has 182 valence electrons. The van der Waals surface area contributed by atoms with Crippen LogP contribution >= 0.6 is 0 Å². The number of nitrogens with one attached hydrogen (secondary N) is 3. The van der Waals surface area contributed by atoms with Gasteiger partial charge in [-0.05, 0) is 50.8 Å². The third kappa shape index (κ3) is 5.04. The summed E-state index contributed by atoms with van der Waals surface area (Å²) in [5.41, 5.74) is 1.14. The number of imide groups is 2. The summed E-state index contributed by atoms with van der Waals surface area (Å²) < 4.78 is 0. The lowest BCUT2D eigenvalue weighted by atomic mass is 10.0. The molecule has 1 unspecified atom stereocenters. The molecule has 1 atom stereocenters. The maximum absolute atomic E-state index is 13.2. The molecule has 1 aromatic carbocycles. The Morgan fingerprint density at radius 2 is 1.82 bits per heavy atom. The summed E-state index contributed by atoms with van der Waals surface area (Å²) in [6, 6.07) is 4.25. The fraction of sp³-hybridized carbons (Fsp3) is 0.522. The molecule has 0 aromatic heterocycles. The maximum atomic E-state index is 13.2. The van der Waals surface area contributed by atoms with E-state index in [9.17, 15) is 24.0 Å². The van der Waals surface area contributed by atoms with E-state index in [1.165, 1.54) is 0 Å². The molecule has 0 spiro atoms. The van der Waals surface area contributed by atoms with Crippen molar-refractivity contribution in [2.24, 2.45) is 0 Å². The zero-order valence-electron chi connectivity index (χ0n) is 18.8. The zero-order chi connectivity index (χ0) is 24.2. The first-order valence-electron chi connectivity index (χ1n) is 11.7. The van der Waals surface area contributed by atoms with Crippen LogP contribution in [-0.4, -0.2) is 82.9 Å². The predicted molar refractivity (Wildman–Crippen MR) is 121 cm³/mol. The van der Waals surface area contributed by atoms with E-state index in [1.54, 1.807) is 18.2 Å². The first-order chi connectivity index (χ1) is 16.3. The topological polar surface area (TPSA) is 148 Å². The average molecular weight is 472 g/mol. The summed E-state index contributed by atoms with van der Waals surface area (Å²) in [5.74, 6) is -2.04. The van der Waals surface area contributed by atoms with Crippen LogP contribution < -0.4 is 16.0 Å². The van der Waals surface area contributed by atoms with E-state index in [0.717, 1.165) is 50.2 Å². The molecule has 0 bridgehead atoms. The molecule has 3 heterocycles. The highest BCUT2D eigenvalue weighted by atomic mass is 16.4. The Kier molecular flexibility index (Phi) is 7.11. The van der Waals surface area contributed by atoms with Gasteiger partial charge in [0, 0.05) is 37.8 Å². The lowest BCUT2D eigenvalue weighted by Gasteiger charge is -2.33. The van der Waals surface area contributed by atoms with Gasteiger partial charge in [-0.15, -0.1) is 0 Å². The number of anilines is 1. The number of nitrogens with zero attached hydrogens (tertiary/aromatic N) is 2. The molecule has 0 saturated carbocycles. The van der Waals surface area contributed by atoms with Crippen LogP contribution in [0, 0.1) is 0 Å². The Bertz CT molecular complexity index is 1000. The van der Waals surface area contributed by atoms with Gasteiger partial charge in [0.2, 0.25) is 11.8 Å².